The maximum absolute atomic E-state index is 12.4. The molecule has 1 aromatic carbocycles. The highest BCUT2D eigenvalue weighted by Gasteiger charge is 2.29. The number of likely N-dealkylation sites (tertiary alicyclic amines) is 1. The zero-order valence-corrected chi connectivity index (χ0v) is 14.5. The Morgan fingerprint density at radius 1 is 1.45 bits per heavy atom. The first-order valence-corrected chi connectivity index (χ1v) is 8.29. The van der Waals surface area contributed by atoms with Crippen LogP contribution in [0.1, 0.15) is 25.3 Å². The van der Waals surface area contributed by atoms with Crippen LogP contribution in [0.2, 0.25) is 0 Å². The number of amides is 2. The summed E-state index contributed by atoms with van der Waals surface area (Å²) in [6.07, 6.45) is 1.59. The maximum atomic E-state index is 12.4. The van der Waals surface area contributed by atoms with Gasteiger partial charge in [-0.25, -0.2) is 4.79 Å². The van der Waals surface area contributed by atoms with Gasteiger partial charge in [-0.1, -0.05) is 15.9 Å². The summed E-state index contributed by atoms with van der Waals surface area (Å²) in [5.41, 5.74) is 1.77. The summed E-state index contributed by atoms with van der Waals surface area (Å²) in [5.74, 6) is -0.426. The summed E-state index contributed by atoms with van der Waals surface area (Å²) in [4.78, 5) is 25.9. The van der Waals surface area contributed by atoms with Gasteiger partial charge in [-0.3, -0.25) is 4.79 Å². The van der Waals surface area contributed by atoms with Gasteiger partial charge in [-0.15, -0.1) is 0 Å². The summed E-state index contributed by atoms with van der Waals surface area (Å²) in [6, 6.07) is 5.54. The number of ether oxygens (including phenoxy) is 1. The fourth-order valence-electron chi connectivity index (χ4n) is 2.58. The van der Waals surface area contributed by atoms with Crippen LogP contribution in [0.25, 0.3) is 0 Å². The van der Waals surface area contributed by atoms with Gasteiger partial charge >= 0.3 is 12.0 Å². The second-order valence-corrected chi connectivity index (χ2v) is 6.34. The van der Waals surface area contributed by atoms with Crippen LogP contribution in [0.3, 0.4) is 0 Å². The fraction of sp³-hybridized carbons (Fsp3) is 0.500. The smallest absolute Gasteiger partial charge is 0.321 e. The van der Waals surface area contributed by atoms with E-state index in [4.69, 9.17) is 4.74 Å². The van der Waals surface area contributed by atoms with Crippen LogP contribution < -0.4 is 5.32 Å². The highest BCUT2D eigenvalue weighted by Crippen LogP contribution is 2.22. The Kier molecular flexibility index (Phi) is 5.83. The quantitative estimate of drug-likeness (QED) is 0.829. The lowest BCUT2D eigenvalue weighted by atomic mass is 9.98. The molecular weight excluding hydrogens is 348 g/mol. The third-order valence-electron chi connectivity index (χ3n) is 3.76. The molecule has 2 rings (SSSR count). The van der Waals surface area contributed by atoms with E-state index >= 15 is 0 Å². The predicted octanol–water partition coefficient (Wildman–Crippen LogP) is 3.56. The second kappa shape index (κ2) is 7.63. The molecule has 0 bridgehead atoms. The molecule has 1 aromatic rings. The topological polar surface area (TPSA) is 58.6 Å². The van der Waals surface area contributed by atoms with Crippen LogP contribution in [0.5, 0.6) is 0 Å². The number of carbonyl (C=O) groups is 2. The monoisotopic (exact) mass is 368 g/mol. The van der Waals surface area contributed by atoms with Gasteiger partial charge in [0.05, 0.1) is 12.5 Å². The number of rotatable bonds is 3. The van der Waals surface area contributed by atoms with Crippen molar-refractivity contribution in [3.05, 3.63) is 28.2 Å². The van der Waals surface area contributed by atoms with Crippen molar-refractivity contribution in [3.8, 4) is 0 Å². The van der Waals surface area contributed by atoms with E-state index < -0.39 is 0 Å². The number of carbonyl (C=O) groups excluding carboxylic acids is 2. The predicted molar refractivity (Wildman–Crippen MR) is 88.8 cm³/mol. The van der Waals surface area contributed by atoms with Crippen molar-refractivity contribution in [3.63, 3.8) is 0 Å². The molecule has 120 valence electrons. The summed E-state index contributed by atoms with van der Waals surface area (Å²) in [5, 5.41) is 2.91. The Labute approximate surface area is 139 Å². The van der Waals surface area contributed by atoms with E-state index in [1.165, 1.54) is 0 Å². The molecule has 0 saturated carbocycles. The van der Waals surface area contributed by atoms with Gasteiger partial charge < -0.3 is 15.0 Å². The van der Waals surface area contributed by atoms with Gasteiger partial charge in [0.2, 0.25) is 0 Å². The maximum Gasteiger partial charge on any atom is 0.321 e. The average molecular weight is 369 g/mol. The van der Waals surface area contributed by atoms with Gasteiger partial charge in [0, 0.05) is 23.2 Å². The minimum atomic E-state index is -0.217. The number of hydrogen-bond acceptors (Lipinski definition) is 3. The Balaban J connectivity index is 1.98. The first-order chi connectivity index (χ1) is 10.5. The molecule has 1 aliphatic rings. The first-order valence-electron chi connectivity index (χ1n) is 7.50. The number of halogens is 1. The lowest BCUT2D eigenvalue weighted by Gasteiger charge is -2.31. The Morgan fingerprint density at radius 3 is 2.91 bits per heavy atom. The number of urea groups is 1. The van der Waals surface area contributed by atoms with Gasteiger partial charge in [0.25, 0.3) is 0 Å². The van der Waals surface area contributed by atoms with Gasteiger partial charge in [-0.05, 0) is 50.5 Å². The molecule has 0 spiro atoms. The number of hydrogen-bond donors (Lipinski definition) is 1. The molecule has 6 heteroatoms. The number of esters is 1. The Bertz CT molecular complexity index is 562. The van der Waals surface area contributed by atoms with Gasteiger partial charge in [-0.2, -0.15) is 0 Å². The summed E-state index contributed by atoms with van der Waals surface area (Å²) in [6.45, 7) is 5.19. The highest BCUT2D eigenvalue weighted by molar-refractivity contribution is 9.10. The van der Waals surface area contributed by atoms with Crippen LogP contribution in [0, 0.1) is 12.8 Å². The molecule has 5 nitrogen and oxygen atoms in total. The number of benzene rings is 1. The van der Waals surface area contributed by atoms with Crippen LogP contribution in [0.15, 0.2) is 22.7 Å². The summed E-state index contributed by atoms with van der Waals surface area (Å²) >= 11 is 3.40. The highest BCUT2D eigenvalue weighted by atomic mass is 79.9. The van der Waals surface area contributed by atoms with Crippen LogP contribution >= 0.6 is 15.9 Å². The van der Waals surface area contributed by atoms with Crippen LogP contribution in [-0.2, 0) is 9.53 Å². The molecular formula is C16H21BrN2O3. The van der Waals surface area contributed by atoms with E-state index in [1.807, 2.05) is 25.1 Å². The Hall–Kier alpha value is -1.56. The molecule has 2 amide bonds. The van der Waals surface area contributed by atoms with Crippen molar-refractivity contribution in [2.75, 3.05) is 25.0 Å². The normalized spacial score (nSPS) is 18.0. The molecule has 0 aromatic heterocycles. The SMILES string of the molecule is CCOC(=O)C1CCCN(C(=O)Nc2ccc(Br)cc2C)C1. The number of anilines is 1. The zero-order valence-electron chi connectivity index (χ0n) is 12.9. The minimum Gasteiger partial charge on any atom is -0.466 e. The third-order valence-corrected chi connectivity index (χ3v) is 4.25. The van der Waals surface area contributed by atoms with E-state index in [1.54, 1.807) is 11.8 Å². The number of aryl methyl sites for hydroxylation is 1. The van der Waals surface area contributed by atoms with Gasteiger partial charge in [0.15, 0.2) is 0 Å². The molecule has 22 heavy (non-hydrogen) atoms. The standard InChI is InChI=1S/C16H21BrN2O3/c1-3-22-15(20)12-5-4-8-19(10-12)16(21)18-14-7-6-13(17)9-11(14)2/h6-7,9,12H,3-5,8,10H2,1-2H3,(H,18,21). The minimum absolute atomic E-state index is 0.167. The van der Waals surface area contributed by atoms with E-state index in [0.29, 0.717) is 19.7 Å². The van der Waals surface area contributed by atoms with Crippen molar-refractivity contribution >= 4 is 33.6 Å². The second-order valence-electron chi connectivity index (χ2n) is 5.43. The fourth-order valence-corrected chi connectivity index (χ4v) is 3.05. The first kappa shape index (κ1) is 16.8. The van der Waals surface area contributed by atoms with Crippen molar-refractivity contribution in [2.45, 2.75) is 26.7 Å². The molecule has 1 unspecified atom stereocenters. The lowest BCUT2D eigenvalue weighted by molar-refractivity contribution is -0.149. The number of nitrogens with zero attached hydrogens (tertiary/aromatic N) is 1. The molecule has 0 aliphatic carbocycles. The molecule has 1 aliphatic heterocycles. The summed E-state index contributed by atoms with van der Waals surface area (Å²) < 4.78 is 6.03. The molecule has 1 saturated heterocycles. The average Bonchev–Trinajstić information content (AvgIpc) is 2.50. The number of piperidine rings is 1. The van der Waals surface area contributed by atoms with E-state index in [9.17, 15) is 9.59 Å². The van der Waals surface area contributed by atoms with Crippen LogP contribution in [-0.4, -0.2) is 36.6 Å². The van der Waals surface area contributed by atoms with Crippen LogP contribution in [0.4, 0.5) is 10.5 Å². The number of nitrogens with one attached hydrogen (secondary N) is 1. The van der Waals surface area contributed by atoms with Crippen molar-refractivity contribution in [1.82, 2.24) is 4.90 Å². The lowest BCUT2D eigenvalue weighted by Crippen LogP contribution is -2.44. The summed E-state index contributed by atoms with van der Waals surface area (Å²) in [7, 11) is 0. The molecule has 1 fully saturated rings. The van der Waals surface area contributed by atoms with Gasteiger partial charge in [0.1, 0.15) is 0 Å². The largest absolute Gasteiger partial charge is 0.466 e. The zero-order chi connectivity index (χ0) is 16.1. The molecule has 1 heterocycles. The third kappa shape index (κ3) is 4.22. The van der Waals surface area contributed by atoms with Crippen molar-refractivity contribution < 1.29 is 14.3 Å². The van der Waals surface area contributed by atoms with E-state index in [0.717, 1.165) is 28.6 Å². The Morgan fingerprint density at radius 2 is 2.23 bits per heavy atom. The molecule has 1 N–H and O–H groups in total. The van der Waals surface area contributed by atoms with E-state index in [-0.39, 0.29) is 17.9 Å². The van der Waals surface area contributed by atoms with E-state index in [2.05, 4.69) is 21.2 Å². The van der Waals surface area contributed by atoms with Crippen molar-refractivity contribution in [2.24, 2.45) is 5.92 Å². The molecule has 0 radical (unpaired) electrons. The molecule has 1 atom stereocenters. The van der Waals surface area contributed by atoms with Crippen molar-refractivity contribution in [1.29, 1.82) is 0 Å².